The van der Waals surface area contributed by atoms with E-state index in [1.807, 2.05) is 27.9 Å². The molecule has 0 saturated carbocycles. The van der Waals surface area contributed by atoms with E-state index in [1.54, 1.807) is 0 Å². The Hall–Kier alpha value is -1.85. The van der Waals surface area contributed by atoms with Gasteiger partial charge in [-0.25, -0.2) is 4.68 Å². The monoisotopic (exact) mass is 376 g/mol. The predicted octanol–water partition coefficient (Wildman–Crippen LogP) is 3.46. The molecule has 2 aromatic rings. The number of nitrogens with zero attached hydrogens (tertiary/aromatic N) is 3. The Kier molecular flexibility index (Phi) is 6.14. The number of amides is 1. The summed E-state index contributed by atoms with van der Waals surface area (Å²) in [6.45, 7) is 9.72. The van der Waals surface area contributed by atoms with Gasteiger partial charge in [-0.15, -0.1) is 12.4 Å². The first-order valence-electron chi connectivity index (χ1n) is 8.98. The van der Waals surface area contributed by atoms with E-state index in [2.05, 4.69) is 39.8 Å². The molecule has 0 spiro atoms. The maximum atomic E-state index is 13.1. The van der Waals surface area contributed by atoms with Gasteiger partial charge >= 0.3 is 0 Å². The van der Waals surface area contributed by atoms with Crippen LogP contribution >= 0.6 is 12.4 Å². The first kappa shape index (κ1) is 20.5. The number of likely N-dealkylation sites (tertiary alicyclic amines) is 1. The van der Waals surface area contributed by atoms with Crippen molar-refractivity contribution in [3.8, 4) is 5.69 Å². The lowest BCUT2D eigenvalue weighted by molar-refractivity contribution is 0.0706. The number of aryl methyl sites for hydroxylation is 1. The molecule has 3 rings (SSSR count). The van der Waals surface area contributed by atoms with Gasteiger partial charge in [0.15, 0.2) is 0 Å². The highest BCUT2D eigenvalue weighted by molar-refractivity contribution is 5.95. The van der Waals surface area contributed by atoms with Crippen LogP contribution in [0.25, 0.3) is 5.69 Å². The summed E-state index contributed by atoms with van der Waals surface area (Å²) in [5.41, 5.74) is 9.53. The summed E-state index contributed by atoms with van der Waals surface area (Å²) in [6.07, 6.45) is 3.82. The SMILES string of the molecule is Cc1ccc(-n2cc(C(=O)N3CCCC(N)C3)c(C(C)(C)C)n2)cc1.Cl. The minimum atomic E-state index is -0.209. The lowest BCUT2D eigenvalue weighted by Crippen LogP contribution is -2.46. The number of carbonyl (C=O) groups is 1. The summed E-state index contributed by atoms with van der Waals surface area (Å²) in [5, 5.41) is 4.75. The minimum Gasteiger partial charge on any atom is -0.337 e. The molecule has 1 fully saturated rings. The molecule has 1 aromatic carbocycles. The van der Waals surface area contributed by atoms with Gasteiger partial charge in [0, 0.05) is 30.7 Å². The molecule has 2 heterocycles. The molecule has 1 unspecified atom stereocenters. The highest BCUT2D eigenvalue weighted by Crippen LogP contribution is 2.27. The lowest BCUT2D eigenvalue weighted by atomic mass is 9.89. The fourth-order valence-electron chi connectivity index (χ4n) is 3.28. The number of aromatic nitrogens is 2. The molecule has 1 saturated heterocycles. The van der Waals surface area contributed by atoms with E-state index in [0.29, 0.717) is 12.1 Å². The van der Waals surface area contributed by atoms with E-state index in [9.17, 15) is 4.79 Å². The van der Waals surface area contributed by atoms with Crippen LogP contribution in [0, 0.1) is 6.92 Å². The Balaban J connectivity index is 0.00000243. The van der Waals surface area contributed by atoms with Gasteiger partial charge in [0.1, 0.15) is 0 Å². The molecule has 1 amide bonds. The molecule has 1 aromatic heterocycles. The maximum absolute atomic E-state index is 13.1. The zero-order valence-electron chi connectivity index (χ0n) is 16.0. The molecule has 0 radical (unpaired) electrons. The normalized spacial score (nSPS) is 17.7. The van der Waals surface area contributed by atoms with Crippen LogP contribution < -0.4 is 5.73 Å². The Morgan fingerprint density at radius 1 is 1.23 bits per heavy atom. The number of halogens is 1. The first-order chi connectivity index (χ1) is 11.8. The third-order valence-corrected chi connectivity index (χ3v) is 4.70. The van der Waals surface area contributed by atoms with Gasteiger partial charge in [-0.05, 0) is 31.9 Å². The summed E-state index contributed by atoms with van der Waals surface area (Å²) in [6, 6.07) is 8.24. The Bertz CT molecular complexity index is 761. The number of hydrogen-bond donors (Lipinski definition) is 1. The standard InChI is InChI=1S/C20H28N4O.ClH/c1-14-7-9-16(10-8-14)24-13-17(18(22-24)20(2,3)4)19(25)23-11-5-6-15(21)12-23;/h7-10,13,15H,5-6,11-12,21H2,1-4H3;1H. The minimum absolute atomic E-state index is 0. The molecule has 1 atom stereocenters. The van der Waals surface area contributed by atoms with E-state index < -0.39 is 0 Å². The Morgan fingerprint density at radius 3 is 2.46 bits per heavy atom. The largest absolute Gasteiger partial charge is 0.337 e. The van der Waals surface area contributed by atoms with E-state index in [-0.39, 0.29) is 29.8 Å². The fourth-order valence-corrected chi connectivity index (χ4v) is 3.28. The average molecular weight is 377 g/mol. The molecule has 142 valence electrons. The lowest BCUT2D eigenvalue weighted by Gasteiger charge is -2.31. The third kappa shape index (κ3) is 4.27. The zero-order chi connectivity index (χ0) is 18.2. The molecule has 1 aliphatic rings. The number of benzene rings is 1. The van der Waals surface area contributed by atoms with Gasteiger partial charge in [0.2, 0.25) is 0 Å². The van der Waals surface area contributed by atoms with Crippen molar-refractivity contribution in [2.24, 2.45) is 5.73 Å². The topological polar surface area (TPSA) is 64.2 Å². The molecular formula is C20H29ClN4O. The third-order valence-electron chi connectivity index (χ3n) is 4.70. The van der Waals surface area contributed by atoms with Crippen LogP contribution in [0.2, 0.25) is 0 Å². The van der Waals surface area contributed by atoms with Gasteiger partial charge in [-0.1, -0.05) is 38.5 Å². The second-order valence-electron chi connectivity index (χ2n) is 8.07. The van der Waals surface area contributed by atoms with Gasteiger partial charge in [0.05, 0.1) is 16.9 Å². The Labute approximate surface area is 162 Å². The van der Waals surface area contributed by atoms with Crippen LogP contribution in [0.15, 0.2) is 30.5 Å². The van der Waals surface area contributed by atoms with Gasteiger partial charge in [-0.2, -0.15) is 5.10 Å². The number of rotatable bonds is 2. The summed E-state index contributed by atoms with van der Waals surface area (Å²) in [5.74, 6) is 0.0402. The molecule has 6 heteroatoms. The number of carbonyl (C=O) groups excluding carboxylic acids is 1. The molecular weight excluding hydrogens is 348 g/mol. The van der Waals surface area contributed by atoms with Crippen LogP contribution in [0.1, 0.15) is 55.2 Å². The second kappa shape index (κ2) is 7.80. The van der Waals surface area contributed by atoms with E-state index in [4.69, 9.17) is 10.8 Å². The van der Waals surface area contributed by atoms with E-state index >= 15 is 0 Å². The highest BCUT2D eigenvalue weighted by Gasteiger charge is 2.30. The van der Waals surface area contributed by atoms with Gasteiger partial charge in [-0.3, -0.25) is 4.79 Å². The fraction of sp³-hybridized carbons (Fsp3) is 0.500. The highest BCUT2D eigenvalue weighted by atomic mass is 35.5. The zero-order valence-corrected chi connectivity index (χ0v) is 16.8. The molecule has 1 aliphatic heterocycles. The van der Waals surface area contributed by atoms with E-state index in [0.717, 1.165) is 30.8 Å². The van der Waals surface area contributed by atoms with Gasteiger partial charge in [0.25, 0.3) is 5.91 Å². The van der Waals surface area contributed by atoms with Crippen LogP contribution in [0.4, 0.5) is 0 Å². The quantitative estimate of drug-likeness (QED) is 0.872. The van der Waals surface area contributed by atoms with Crippen molar-refractivity contribution in [3.05, 3.63) is 47.3 Å². The van der Waals surface area contributed by atoms with Crippen molar-refractivity contribution in [1.82, 2.24) is 14.7 Å². The van der Waals surface area contributed by atoms with Crippen LogP contribution in [0.3, 0.4) is 0 Å². The van der Waals surface area contributed by atoms with Crippen molar-refractivity contribution >= 4 is 18.3 Å². The Morgan fingerprint density at radius 2 is 1.88 bits per heavy atom. The summed E-state index contributed by atoms with van der Waals surface area (Å²) >= 11 is 0. The molecule has 26 heavy (non-hydrogen) atoms. The summed E-state index contributed by atoms with van der Waals surface area (Å²) in [4.78, 5) is 15.0. The maximum Gasteiger partial charge on any atom is 0.257 e. The second-order valence-corrected chi connectivity index (χ2v) is 8.07. The molecule has 0 aliphatic carbocycles. The summed E-state index contributed by atoms with van der Waals surface area (Å²) < 4.78 is 1.82. The number of nitrogens with two attached hydrogens (primary N) is 1. The predicted molar refractivity (Wildman–Crippen MR) is 107 cm³/mol. The number of piperidine rings is 1. The molecule has 0 bridgehead atoms. The van der Waals surface area contributed by atoms with Crippen molar-refractivity contribution in [1.29, 1.82) is 0 Å². The smallest absolute Gasteiger partial charge is 0.257 e. The van der Waals surface area contributed by atoms with Crippen molar-refractivity contribution in [2.75, 3.05) is 13.1 Å². The van der Waals surface area contributed by atoms with Gasteiger partial charge < -0.3 is 10.6 Å². The van der Waals surface area contributed by atoms with E-state index in [1.165, 1.54) is 5.56 Å². The number of hydrogen-bond acceptors (Lipinski definition) is 3. The van der Waals surface area contributed by atoms with Crippen molar-refractivity contribution in [3.63, 3.8) is 0 Å². The van der Waals surface area contributed by atoms with Crippen LogP contribution in [0.5, 0.6) is 0 Å². The average Bonchev–Trinajstić information content (AvgIpc) is 3.00. The van der Waals surface area contributed by atoms with Crippen LogP contribution in [-0.2, 0) is 5.41 Å². The molecule has 5 nitrogen and oxygen atoms in total. The van der Waals surface area contributed by atoms with Crippen molar-refractivity contribution in [2.45, 2.75) is 52.0 Å². The summed E-state index contributed by atoms with van der Waals surface area (Å²) in [7, 11) is 0. The van der Waals surface area contributed by atoms with Crippen molar-refractivity contribution < 1.29 is 4.79 Å². The first-order valence-corrected chi connectivity index (χ1v) is 8.98. The molecule has 2 N–H and O–H groups in total. The van der Waals surface area contributed by atoms with Crippen LogP contribution in [-0.4, -0.2) is 39.7 Å².